The highest BCUT2D eigenvalue weighted by Gasteiger charge is 2.38. The second-order valence-electron chi connectivity index (χ2n) is 8.73. The van der Waals surface area contributed by atoms with Crippen molar-refractivity contribution in [3.8, 4) is 11.4 Å². The summed E-state index contributed by atoms with van der Waals surface area (Å²) < 4.78 is 5.46. The molecule has 0 saturated carbocycles. The van der Waals surface area contributed by atoms with Gasteiger partial charge in [-0.1, -0.05) is 35.0 Å². The zero-order valence-electron chi connectivity index (χ0n) is 18.2. The zero-order valence-corrected chi connectivity index (χ0v) is 18.9. The van der Waals surface area contributed by atoms with E-state index in [-0.39, 0.29) is 24.2 Å². The van der Waals surface area contributed by atoms with Gasteiger partial charge >= 0.3 is 0 Å². The van der Waals surface area contributed by atoms with Gasteiger partial charge in [0.2, 0.25) is 23.5 Å². The Morgan fingerprint density at radius 3 is 2.52 bits per heavy atom. The summed E-state index contributed by atoms with van der Waals surface area (Å²) in [5, 5.41) is 4.75. The maximum atomic E-state index is 13.1. The van der Waals surface area contributed by atoms with Gasteiger partial charge in [0.25, 0.3) is 0 Å². The van der Waals surface area contributed by atoms with Crippen molar-refractivity contribution in [3.05, 3.63) is 65.5 Å². The van der Waals surface area contributed by atoms with Crippen LogP contribution in [-0.2, 0) is 16.0 Å². The Labute approximate surface area is 197 Å². The number of piperidine rings is 1. The number of hydrogen-bond acceptors (Lipinski definition) is 5. The summed E-state index contributed by atoms with van der Waals surface area (Å²) in [6.07, 6.45) is 2.75. The minimum Gasteiger partial charge on any atom is -0.342 e. The molecular formula is C25H25ClN4O3. The molecule has 2 amide bonds. The summed E-state index contributed by atoms with van der Waals surface area (Å²) in [5.74, 6) is 1.39. The number of amides is 2. The van der Waals surface area contributed by atoms with Crippen LogP contribution in [0.5, 0.6) is 0 Å². The summed E-state index contributed by atoms with van der Waals surface area (Å²) >= 11 is 5.94. The topological polar surface area (TPSA) is 79.5 Å². The molecule has 0 radical (unpaired) electrons. The second kappa shape index (κ2) is 9.35. The molecule has 2 fully saturated rings. The summed E-state index contributed by atoms with van der Waals surface area (Å²) in [7, 11) is 0. The molecule has 2 aliphatic heterocycles. The normalized spacial score (nSPS) is 19.3. The number of anilines is 1. The molecule has 2 aromatic carbocycles. The van der Waals surface area contributed by atoms with Crippen LogP contribution in [0.2, 0.25) is 5.02 Å². The van der Waals surface area contributed by atoms with Gasteiger partial charge in [-0.2, -0.15) is 4.98 Å². The number of aromatic nitrogens is 2. The summed E-state index contributed by atoms with van der Waals surface area (Å²) in [6, 6.07) is 16.9. The van der Waals surface area contributed by atoms with Crippen molar-refractivity contribution in [3.63, 3.8) is 0 Å². The molecule has 170 valence electrons. The lowest BCUT2D eigenvalue weighted by Crippen LogP contribution is -2.42. The van der Waals surface area contributed by atoms with Crippen molar-refractivity contribution in [2.24, 2.45) is 11.8 Å². The average molecular weight is 465 g/mol. The van der Waals surface area contributed by atoms with Crippen LogP contribution in [-0.4, -0.2) is 46.5 Å². The number of carbonyl (C=O) groups excluding carboxylic acids is 2. The lowest BCUT2D eigenvalue weighted by Gasteiger charge is -2.33. The van der Waals surface area contributed by atoms with Crippen molar-refractivity contribution in [1.82, 2.24) is 15.0 Å². The Balaban J connectivity index is 1.14. The second-order valence-corrected chi connectivity index (χ2v) is 9.17. The van der Waals surface area contributed by atoms with E-state index in [1.165, 1.54) is 0 Å². The largest absolute Gasteiger partial charge is 0.342 e. The van der Waals surface area contributed by atoms with E-state index in [2.05, 4.69) is 10.1 Å². The minimum atomic E-state index is -0.271. The first-order valence-corrected chi connectivity index (χ1v) is 11.7. The lowest BCUT2D eigenvalue weighted by atomic mass is 9.92. The summed E-state index contributed by atoms with van der Waals surface area (Å²) in [6.45, 7) is 1.84. The van der Waals surface area contributed by atoms with E-state index >= 15 is 0 Å². The zero-order chi connectivity index (χ0) is 22.8. The van der Waals surface area contributed by atoms with Crippen LogP contribution < -0.4 is 4.90 Å². The number of para-hydroxylation sites is 1. The molecule has 0 aliphatic carbocycles. The fourth-order valence-electron chi connectivity index (χ4n) is 4.65. The molecule has 7 nitrogen and oxygen atoms in total. The molecule has 3 heterocycles. The number of benzene rings is 2. The molecule has 5 rings (SSSR count). The van der Waals surface area contributed by atoms with E-state index in [4.69, 9.17) is 16.1 Å². The Hall–Kier alpha value is -3.19. The van der Waals surface area contributed by atoms with E-state index in [1.54, 1.807) is 17.0 Å². The molecule has 0 spiro atoms. The fourth-order valence-corrected chi connectivity index (χ4v) is 4.77. The molecule has 1 aromatic heterocycles. The minimum absolute atomic E-state index is 0.0160. The summed E-state index contributed by atoms with van der Waals surface area (Å²) in [5.41, 5.74) is 1.72. The maximum Gasteiger partial charge on any atom is 0.228 e. The smallest absolute Gasteiger partial charge is 0.228 e. The van der Waals surface area contributed by atoms with Crippen molar-refractivity contribution in [1.29, 1.82) is 0 Å². The highest BCUT2D eigenvalue weighted by Crippen LogP contribution is 2.29. The Bertz CT molecular complexity index is 1120. The van der Waals surface area contributed by atoms with E-state index in [0.29, 0.717) is 48.7 Å². The quantitative estimate of drug-likeness (QED) is 0.564. The van der Waals surface area contributed by atoms with Crippen LogP contribution in [0.3, 0.4) is 0 Å². The SMILES string of the molecule is O=C(C1CC(=O)N(c2ccccc2)C1)N1CCC(Cc2nc(-c3ccc(Cl)cc3)no2)CC1. The summed E-state index contributed by atoms with van der Waals surface area (Å²) in [4.78, 5) is 33.7. The first-order chi connectivity index (χ1) is 16.1. The van der Waals surface area contributed by atoms with Crippen molar-refractivity contribution >= 4 is 29.1 Å². The van der Waals surface area contributed by atoms with E-state index < -0.39 is 0 Å². The van der Waals surface area contributed by atoms with Crippen LogP contribution in [0.25, 0.3) is 11.4 Å². The molecule has 33 heavy (non-hydrogen) atoms. The molecule has 2 aliphatic rings. The van der Waals surface area contributed by atoms with Gasteiger partial charge in [0.1, 0.15) is 0 Å². The van der Waals surface area contributed by atoms with Crippen LogP contribution in [0, 0.1) is 11.8 Å². The molecule has 1 atom stereocenters. The molecular weight excluding hydrogens is 440 g/mol. The van der Waals surface area contributed by atoms with E-state index in [1.807, 2.05) is 47.4 Å². The molecule has 3 aromatic rings. The standard InChI is InChI=1S/C25H25ClN4O3/c26-20-8-6-18(7-9-20)24-27-22(33-28-24)14-17-10-12-29(13-11-17)25(32)19-15-23(31)30(16-19)21-4-2-1-3-5-21/h1-9,17,19H,10-16H2. The monoisotopic (exact) mass is 464 g/mol. The molecule has 0 bridgehead atoms. The number of nitrogens with zero attached hydrogens (tertiary/aromatic N) is 4. The third kappa shape index (κ3) is 4.78. The highest BCUT2D eigenvalue weighted by atomic mass is 35.5. The van der Waals surface area contributed by atoms with Gasteiger partial charge in [-0.05, 0) is 55.2 Å². The van der Waals surface area contributed by atoms with Gasteiger partial charge in [-0.3, -0.25) is 9.59 Å². The number of likely N-dealkylation sites (tertiary alicyclic amines) is 1. The number of halogens is 1. The van der Waals surface area contributed by atoms with Crippen LogP contribution >= 0.6 is 11.6 Å². The van der Waals surface area contributed by atoms with Gasteiger partial charge in [-0.25, -0.2) is 0 Å². The fraction of sp³-hybridized carbons (Fsp3) is 0.360. The lowest BCUT2D eigenvalue weighted by molar-refractivity contribution is -0.137. The van der Waals surface area contributed by atoms with Gasteiger partial charge < -0.3 is 14.3 Å². The van der Waals surface area contributed by atoms with E-state index in [9.17, 15) is 9.59 Å². The first-order valence-electron chi connectivity index (χ1n) is 11.3. The first kappa shape index (κ1) is 21.6. The van der Waals surface area contributed by atoms with Crippen molar-refractivity contribution in [2.75, 3.05) is 24.5 Å². The third-order valence-electron chi connectivity index (χ3n) is 6.50. The van der Waals surface area contributed by atoms with E-state index in [0.717, 1.165) is 24.1 Å². The van der Waals surface area contributed by atoms with Gasteiger partial charge in [0.15, 0.2) is 0 Å². The van der Waals surface area contributed by atoms with Crippen molar-refractivity contribution < 1.29 is 14.1 Å². The Kier molecular flexibility index (Phi) is 6.13. The number of rotatable bonds is 5. The number of carbonyl (C=O) groups is 2. The van der Waals surface area contributed by atoms with Gasteiger partial charge in [-0.15, -0.1) is 0 Å². The van der Waals surface area contributed by atoms with Gasteiger partial charge in [0, 0.05) is 48.7 Å². The predicted octanol–water partition coefficient (Wildman–Crippen LogP) is 4.22. The van der Waals surface area contributed by atoms with Crippen LogP contribution in [0.15, 0.2) is 59.1 Å². The van der Waals surface area contributed by atoms with Crippen LogP contribution in [0.1, 0.15) is 25.2 Å². The molecule has 8 heteroatoms. The maximum absolute atomic E-state index is 13.1. The highest BCUT2D eigenvalue weighted by molar-refractivity contribution is 6.30. The predicted molar refractivity (Wildman–Crippen MR) is 125 cm³/mol. The number of hydrogen-bond donors (Lipinski definition) is 0. The Morgan fingerprint density at radius 2 is 1.79 bits per heavy atom. The molecule has 0 N–H and O–H groups in total. The average Bonchev–Trinajstić information content (AvgIpc) is 3.47. The van der Waals surface area contributed by atoms with Gasteiger partial charge in [0.05, 0.1) is 5.92 Å². The molecule has 2 saturated heterocycles. The molecule has 1 unspecified atom stereocenters. The Morgan fingerprint density at radius 1 is 1.06 bits per heavy atom. The third-order valence-corrected chi connectivity index (χ3v) is 6.75. The van der Waals surface area contributed by atoms with Crippen LogP contribution in [0.4, 0.5) is 5.69 Å². The van der Waals surface area contributed by atoms with Crippen molar-refractivity contribution in [2.45, 2.75) is 25.7 Å².